The second-order valence-corrected chi connectivity index (χ2v) is 9.15. The maximum Gasteiger partial charge on any atom is 0.319 e. The second kappa shape index (κ2) is 8.93. The summed E-state index contributed by atoms with van der Waals surface area (Å²) >= 11 is 0. The third-order valence-electron chi connectivity index (χ3n) is 6.94. The van der Waals surface area contributed by atoms with E-state index in [-0.39, 0.29) is 11.8 Å². The molecule has 2 aliphatic carbocycles. The Bertz CT molecular complexity index is 1190. The largest absolute Gasteiger partial charge is 0.494 e. The van der Waals surface area contributed by atoms with Gasteiger partial charge in [-0.25, -0.2) is 4.79 Å². The van der Waals surface area contributed by atoms with Crippen LogP contribution < -0.4 is 15.4 Å². The van der Waals surface area contributed by atoms with E-state index in [9.17, 15) is 9.59 Å². The zero-order chi connectivity index (χ0) is 22.9. The Hall–Kier alpha value is -3.28. The maximum absolute atomic E-state index is 12.8. The third kappa shape index (κ3) is 4.10. The topological polar surface area (TPSA) is 72.4 Å². The first-order valence-electron chi connectivity index (χ1n) is 12.0. The standard InChI is InChI=1S/C27H31N3O3/c1-3-33-22-14-15-23-24(16-22)30(21-8-5-9-21)26(25(23)17(2)31)18-10-12-20(13-11-18)29-27(32)28-19-6-4-7-19/h10-16,19,21H,3-9H2,1-2H3,(H2,28,29,32). The Labute approximate surface area is 194 Å². The van der Waals surface area contributed by atoms with Crippen LogP contribution in [0.25, 0.3) is 22.2 Å². The highest BCUT2D eigenvalue weighted by atomic mass is 16.5. The van der Waals surface area contributed by atoms with Gasteiger partial charge in [0.15, 0.2) is 5.78 Å². The van der Waals surface area contributed by atoms with Crippen LogP contribution in [0.4, 0.5) is 10.5 Å². The minimum absolute atomic E-state index is 0.0549. The van der Waals surface area contributed by atoms with E-state index < -0.39 is 0 Å². The molecule has 1 heterocycles. The Morgan fingerprint density at radius 3 is 2.33 bits per heavy atom. The number of amides is 2. The van der Waals surface area contributed by atoms with Crippen molar-refractivity contribution in [2.45, 2.75) is 64.5 Å². The van der Waals surface area contributed by atoms with Crippen molar-refractivity contribution in [1.82, 2.24) is 9.88 Å². The van der Waals surface area contributed by atoms with E-state index in [4.69, 9.17) is 4.74 Å². The Kier molecular flexibility index (Phi) is 5.83. The van der Waals surface area contributed by atoms with Gasteiger partial charge in [0.05, 0.1) is 23.4 Å². The number of hydrogen-bond acceptors (Lipinski definition) is 3. The number of urea groups is 1. The Morgan fingerprint density at radius 1 is 1.03 bits per heavy atom. The van der Waals surface area contributed by atoms with Gasteiger partial charge in [0, 0.05) is 29.2 Å². The minimum Gasteiger partial charge on any atom is -0.494 e. The minimum atomic E-state index is -0.163. The zero-order valence-electron chi connectivity index (χ0n) is 19.3. The van der Waals surface area contributed by atoms with E-state index in [0.29, 0.717) is 18.7 Å². The average Bonchev–Trinajstić information content (AvgIpc) is 3.05. The smallest absolute Gasteiger partial charge is 0.319 e. The van der Waals surface area contributed by atoms with Gasteiger partial charge in [-0.1, -0.05) is 12.1 Å². The molecule has 0 atom stereocenters. The number of aromatic nitrogens is 1. The normalized spacial score (nSPS) is 16.2. The fraction of sp³-hybridized carbons (Fsp3) is 0.407. The van der Waals surface area contributed by atoms with Gasteiger partial charge in [0.2, 0.25) is 0 Å². The number of benzene rings is 2. The number of nitrogens with zero attached hydrogens (tertiary/aromatic N) is 1. The molecule has 0 aliphatic heterocycles. The van der Waals surface area contributed by atoms with Crippen molar-refractivity contribution in [3.05, 3.63) is 48.0 Å². The van der Waals surface area contributed by atoms with Crippen LogP contribution in [-0.2, 0) is 0 Å². The molecule has 0 radical (unpaired) electrons. The van der Waals surface area contributed by atoms with Gasteiger partial charge in [-0.2, -0.15) is 0 Å². The molecular formula is C27H31N3O3. The number of Topliss-reactive ketones (excluding diaryl/α,β-unsaturated/α-hetero) is 1. The molecule has 2 amide bonds. The first kappa shape index (κ1) is 21.6. The van der Waals surface area contributed by atoms with Crippen LogP contribution in [0.15, 0.2) is 42.5 Å². The summed E-state index contributed by atoms with van der Waals surface area (Å²) in [6, 6.07) is 14.3. The van der Waals surface area contributed by atoms with E-state index in [1.54, 1.807) is 6.92 Å². The number of anilines is 1. The molecule has 172 valence electrons. The van der Waals surface area contributed by atoms with Crippen molar-refractivity contribution in [3.63, 3.8) is 0 Å². The number of ether oxygens (including phenoxy) is 1. The van der Waals surface area contributed by atoms with Gasteiger partial charge in [0.1, 0.15) is 5.75 Å². The monoisotopic (exact) mass is 445 g/mol. The molecule has 2 fully saturated rings. The molecule has 5 rings (SSSR count). The first-order valence-corrected chi connectivity index (χ1v) is 12.0. The Balaban J connectivity index is 1.54. The van der Waals surface area contributed by atoms with E-state index in [0.717, 1.165) is 64.8 Å². The molecule has 6 heteroatoms. The molecule has 33 heavy (non-hydrogen) atoms. The van der Waals surface area contributed by atoms with Crippen LogP contribution in [-0.4, -0.2) is 29.0 Å². The molecule has 0 saturated heterocycles. The van der Waals surface area contributed by atoms with Crippen molar-refractivity contribution >= 4 is 28.4 Å². The molecule has 2 N–H and O–H groups in total. The summed E-state index contributed by atoms with van der Waals surface area (Å²) in [5.41, 5.74) is 4.48. The quantitative estimate of drug-likeness (QED) is 0.419. The molecule has 2 saturated carbocycles. The molecule has 2 aromatic carbocycles. The van der Waals surface area contributed by atoms with Gasteiger partial charge < -0.3 is 19.9 Å². The van der Waals surface area contributed by atoms with E-state index in [2.05, 4.69) is 21.3 Å². The van der Waals surface area contributed by atoms with Gasteiger partial charge in [-0.15, -0.1) is 0 Å². The Morgan fingerprint density at radius 2 is 1.76 bits per heavy atom. The summed E-state index contributed by atoms with van der Waals surface area (Å²) in [6.45, 7) is 4.22. The van der Waals surface area contributed by atoms with Crippen LogP contribution in [0.3, 0.4) is 0 Å². The van der Waals surface area contributed by atoms with Gasteiger partial charge >= 0.3 is 6.03 Å². The SMILES string of the molecule is CCOc1ccc2c(C(C)=O)c(-c3ccc(NC(=O)NC4CCC4)cc3)n(C3CCC3)c2c1. The number of carbonyl (C=O) groups is 2. The van der Waals surface area contributed by atoms with Crippen LogP contribution >= 0.6 is 0 Å². The first-order chi connectivity index (χ1) is 16.0. The molecular weight excluding hydrogens is 414 g/mol. The van der Waals surface area contributed by atoms with E-state index in [1.165, 1.54) is 12.8 Å². The lowest BCUT2D eigenvalue weighted by Crippen LogP contribution is -2.41. The molecule has 3 aromatic rings. The zero-order valence-corrected chi connectivity index (χ0v) is 19.3. The number of fused-ring (bicyclic) bond motifs is 1. The molecule has 0 bridgehead atoms. The number of ketones is 1. The molecule has 6 nitrogen and oxygen atoms in total. The van der Waals surface area contributed by atoms with Crippen LogP contribution in [0.1, 0.15) is 68.8 Å². The fourth-order valence-corrected chi connectivity index (χ4v) is 4.83. The van der Waals surface area contributed by atoms with E-state index in [1.807, 2.05) is 43.3 Å². The van der Waals surface area contributed by atoms with Crippen LogP contribution in [0.5, 0.6) is 5.75 Å². The highest BCUT2D eigenvalue weighted by Gasteiger charge is 2.29. The summed E-state index contributed by atoms with van der Waals surface area (Å²) in [5, 5.41) is 6.89. The highest BCUT2D eigenvalue weighted by molar-refractivity contribution is 6.13. The highest BCUT2D eigenvalue weighted by Crippen LogP contribution is 2.43. The molecule has 0 spiro atoms. The van der Waals surface area contributed by atoms with Crippen molar-refractivity contribution in [2.75, 3.05) is 11.9 Å². The van der Waals surface area contributed by atoms with E-state index >= 15 is 0 Å². The van der Waals surface area contributed by atoms with Crippen LogP contribution in [0, 0.1) is 0 Å². The van der Waals surface area contributed by atoms with Crippen molar-refractivity contribution < 1.29 is 14.3 Å². The summed E-state index contributed by atoms with van der Waals surface area (Å²) in [6.07, 6.45) is 6.69. The number of rotatable bonds is 7. The number of hydrogen-bond donors (Lipinski definition) is 2. The lowest BCUT2D eigenvalue weighted by molar-refractivity contribution is 0.101. The molecule has 2 aliphatic rings. The molecule has 0 unspecified atom stereocenters. The van der Waals surface area contributed by atoms with Crippen molar-refractivity contribution in [1.29, 1.82) is 0 Å². The third-order valence-corrected chi connectivity index (χ3v) is 6.94. The number of carbonyl (C=O) groups excluding carboxylic acids is 2. The van der Waals surface area contributed by atoms with Gasteiger partial charge in [0.25, 0.3) is 0 Å². The summed E-state index contributed by atoms with van der Waals surface area (Å²) < 4.78 is 8.10. The second-order valence-electron chi connectivity index (χ2n) is 9.15. The van der Waals surface area contributed by atoms with Gasteiger partial charge in [-0.05, 0) is 82.2 Å². The van der Waals surface area contributed by atoms with Crippen LogP contribution in [0.2, 0.25) is 0 Å². The predicted octanol–water partition coefficient (Wildman–Crippen LogP) is 6.31. The summed E-state index contributed by atoms with van der Waals surface area (Å²) in [4.78, 5) is 25.1. The maximum atomic E-state index is 12.8. The predicted molar refractivity (Wildman–Crippen MR) is 131 cm³/mol. The lowest BCUT2D eigenvalue weighted by Gasteiger charge is -2.30. The fourth-order valence-electron chi connectivity index (χ4n) is 4.83. The average molecular weight is 446 g/mol. The molecule has 1 aromatic heterocycles. The van der Waals surface area contributed by atoms with Crippen molar-refractivity contribution in [3.8, 4) is 17.0 Å². The summed E-state index contributed by atoms with van der Waals surface area (Å²) in [7, 11) is 0. The lowest BCUT2D eigenvalue weighted by atomic mass is 9.92. The van der Waals surface area contributed by atoms with Crippen molar-refractivity contribution in [2.24, 2.45) is 0 Å². The summed E-state index contributed by atoms with van der Waals surface area (Å²) in [5.74, 6) is 0.876. The number of nitrogens with one attached hydrogen (secondary N) is 2. The van der Waals surface area contributed by atoms with Gasteiger partial charge in [-0.3, -0.25) is 4.79 Å².